The SMILES string of the molecule is Cc1ccc(NCc2c(O)ccc3c2CCCC3=O)cc1. The van der Waals surface area contributed by atoms with Gasteiger partial charge >= 0.3 is 0 Å². The molecule has 0 saturated heterocycles. The highest BCUT2D eigenvalue weighted by Crippen LogP contribution is 2.31. The third-order valence-corrected chi connectivity index (χ3v) is 4.06. The highest BCUT2D eigenvalue weighted by Gasteiger charge is 2.21. The smallest absolute Gasteiger partial charge is 0.163 e. The zero-order valence-electron chi connectivity index (χ0n) is 12.1. The van der Waals surface area contributed by atoms with Crippen molar-refractivity contribution in [2.24, 2.45) is 0 Å². The summed E-state index contributed by atoms with van der Waals surface area (Å²) in [5.41, 5.74) is 4.86. The molecule has 0 unspecified atom stereocenters. The summed E-state index contributed by atoms with van der Waals surface area (Å²) < 4.78 is 0. The van der Waals surface area contributed by atoms with Crippen LogP contribution in [0.25, 0.3) is 0 Å². The molecule has 3 nitrogen and oxygen atoms in total. The van der Waals surface area contributed by atoms with Crippen molar-refractivity contribution < 1.29 is 9.90 Å². The van der Waals surface area contributed by atoms with Crippen molar-refractivity contribution in [1.82, 2.24) is 0 Å². The molecular weight excluding hydrogens is 262 g/mol. The lowest BCUT2D eigenvalue weighted by Crippen LogP contribution is -2.14. The maximum Gasteiger partial charge on any atom is 0.163 e. The zero-order chi connectivity index (χ0) is 14.8. The molecule has 0 bridgehead atoms. The van der Waals surface area contributed by atoms with Crippen LogP contribution >= 0.6 is 0 Å². The Hall–Kier alpha value is -2.29. The first-order valence-electron chi connectivity index (χ1n) is 7.32. The number of hydrogen-bond acceptors (Lipinski definition) is 3. The first-order valence-corrected chi connectivity index (χ1v) is 7.32. The van der Waals surface area contributed by atoms with Crippen molar-refractivity contribution in [2.75, 3.05) is 5.32 Å². The molecule has 0 fully saturated rings. The van der Waals surface area contributed by atoms with Crippen molar-refractivity contribution >= 4 is 11.5 Å². The quantitative estimate of drug-likeness (QED) is 0.899. The summed E-state index contributed by atoms with van der Waals surface area (Å²) in [5, 5.41) is 13.4. The summed E-state index contributed by atoms with van der Waals surface area (Å²) in [6.07, 6.45) is 2.34. The molecule has 1 aliphatic carbocycles. The molecule has 0 spiro atoms. The Bertz CT molecular complexity index is 674. The fourth-order valence-electron chi connectivity index (χ4n) is 2.85. The van der Waals surface area contributed by atoms with Gasteiger partial charge in [0.1, 0.15) is 5.75 Å². The van der Waals surface area contributed by atoms with E-state index < -0.39 is 0 Å². The Morgan fingerprint density at radius 2 is 1.86 bits per heavy atom. The van der Waals surface area contributed by atoms with Crippen molar-refractivity contribution in [3.8, 4) is 5.75 Å². The Morgan fingerprint density at radius 3 is 2.62 bits per heavy atom. The van der Waals surface area contributed by atoms with E-state index in [4.69, 9.17) is 0 Å². The van der Waals surface area contributed by atoms with Gasteiger partial charge in [-0.1, -0.05) is 17.7 Å². The van der Waals surface area contributed by atoms with Crippen molar-refractivity contribution in [3.05, 3.63) is 58.7 Å². The van der Waals surface area contributed by atoms with Gasteiger partial charge in [-0.3, -0.25) is 4.79 Å². The maximum absolute atomic E-state index is 12.0. The number of hydrogen-bond donors (Lipinski definition) is 2. The number of phenols is 1. The highest BCUT2D eigenvalue weighted by molar-refractivity contribution is 5.99. The van der Waals surface area contributed by atoms with Crippen molar-refractivity contribution in [1.29, 1.82) is 0 Å². The highest BCUT2D eigenvalue weighted by atomic mass is 16.3. The average Bonchev–Trinajstić information content (AvgIpc) is 2.48. The number of fused-ring (bicyclic) bond motifs is 1. The second-order valence-electron chi connectivity index (χ2n) is 5.59. The number of benzene rings is 2. The molecule has 0 atom stereocenters. The number of carbonyl (C=O) groups excluding carboxylic acids is 1. The lowest BCUT2D eigenvalue weighted by Gasteiger charge is -2.20. The maximum atomic E-state index is 12.0. The standard InChI is InChI=1S/C18H19NO2/c1-12-5-7-13(8-6-12)19-11-16-14-3-2-4-17(20)15(14)9-10-18(16)21/h5-10,19,21H,2-4,11H2,1H3. The van der Waals surface area contributed by atoms with E-state index in [9.17, 15) is 9.90 Å². The van der Waals surface area contributed by atoms with E-state index in [0.29, 0.717) is 13.0 Å². The number of aromatic hydroxyl groups is 1. The largest absolute Gasteiger partial charge is 0.508 e. The number of Topliss-reactive ketones (excluding diaryl/α,β-unsaturated/α-hetero) is 1. The van der Waals surface area contributed by atoms with Gasteiger partial charge in [-0.15, -0.1) is 0 Å². The molecule has 0 aromatic heterocycles. The van der Waals surface area contributed by atoms with Gasteiger partial charge in [0, 0.05) is 29.8 Å². The summed E-state index contributed by atoms with van der Waals surface area (Å²) in [7, 11) is 0. The van der Waals surface area contributed by atoms with Gasteiger partial charge in [0.25, 0.3) is 0 Å². The van der Waals surface area contributed by atoms with Gasteiger partial charge in [-0.05, 0) is 49.6 Å². The van der Waals surface area contributed by atoms with Crippen LogP contribution in [0.1, 0.15) is 39.9 Å². The van der Waals surface area contributed by atoms with E-state index in [1.54, 1.807) is 12.1 Å². The summed E-state index contributed by atoms with van der Waals surface area (Å²) in [6, 6.07) is 11.5. The Morgan fingerprint density at radius 1 is 1.10 bits per heavy atom. The predicted molar refractivity (Wildman–Crippen MR) is 83.9 cm³/mol. The van der Waals surface area contributed by atoms with Crippen LogP contribution in [-0.4, -0.2) is 10.9 Å². The second-order valence-corrected chi connectivity index (χ2v) is 5.59. The normalized spacial score (nSPS) is 13.9. The van der Waals surface area contributed by atoms with Gasteiger partial charge in [0.05, 0.1) is 0 Å². The van der Waals surface area contributed by atoms with Crippen LogP contribution in [0.15, 0.2) is 36.4 Å². The van der Waals surface area contributed by atoms with E-state index in [0.717, 1.165) is 35.2 Å². The lowest BCUT2D eigenvalue weighted by molar-refractivity contribution is 0.0972. The molecule has 0 saturated carbocycles. The number of anilines is 1. The number of nitrogens with one attached hydrogen (secondary N) is 1. The van der Waals surface area contributed by atoms with Crippen molar-refractivity contribution in [3.63, 3.8) is 0 Å². The molecule has 1 aliphatic rings. The first kappa shape index (κ1) is 13.7. The number of carbonyl (C=O) groups is 1. The molecule has 0 amide bonds. The van der Waals surface area contributed by atoms with Gasteiger partial charge < -0.3 is 10.4 Å². The fraction of sp³-hybridized carbons (Fsp3) is 0.278. The molecule has 3 heteroatoms. The number of ketones is 1. The van der Waals surface area contributed by atoms with Crippen LogP contribution in [-0.2, 0) is 13.0 Å². The van der Waals surface area contributed by atoms with Crippen LogP contribution in [0.2, 0.25) is 0 Å². The molecule has 0 radical (unpaired) electrons. The van der Waals surface area contributed by atoms with Crippen LogP contribution in [0.3, 0.4) is 0 Å². The van der Waals surface area contributed by atoms with Crippen LogP contribution in [0.5, 0.6) is 5.75 Å². The molecule has 2 aromatic carbocycles. The fourth-order valence-corrected chi connectivity index (χ4v) is 2.85. The summed E-state index contributed by atoms with van der Waals surface area (Å²) in [6.45, 7) is 2.58. The number of rotatable bonds is 3. The van der Waals surface area contributed by atoms with Gasteiger partial charge in [-0.2, -0.15) is 0 Å². The minimum Gasteiger partial charge on any atom is -0.508 e. The topological polar surface area (TPSA) is 49.3 Å². The van der Waals surface area contributed by atoms with Gasteiger partial charge in [0.2, 0.25) is 0 Å². The van der Waals surface area contributed by atoms with Crippen LogP contribution < -0.4 is 5.32 Å². The molecule has 3 rings (SSSR count). The summed E-state index contributed by atoms with van der Waals surface area (Å²) in [5.74, 6) is 0.455. The van der Waals surface area contributed by atoms with E-state index in [-0.39, 0.29) is 11.5 Å². The second kappa shape index (κ2) is 5.60. The summed E-state index contributed by atoms with van der Waals surface area (Å²) >= 11 is 0. The first-order chi connectivity index (χ1) is 10.1. The Balaban J connectivity index is 1.86. The third-order valence-electron chi connectivity index (χ3n) is 4.06. The third kappa shape index (κ3) is 2.77. The molecule has 2 N–H and O–H groups in total. The van der Waals surface area contributed by atoms with Crippen LogP contribution in [0.4, 0.5) is 5.69 Å². The van der Waals surface area contributed by atoms with E-state index in [1.807, 2.05) is 24.3 Å². The predicted octanol–water partition coefficient (Wildman–Crippen LogP) is 3.83. The molecule has 0 heterocycles. The number of aryl methyl sites for hydroxylation is 1. The molecule has 108 valence electrons. The summed E-state index contributed by atoms with van der Waals surface area (Å²) in [4.78, 5) is 12.0. The Labute approximate surface area is 124 Å². The minimum atomic E-state index is 0.188. The molecular formula is C18H19NO2. The number of phenolic OH excluding ortho intramolecular Hbond substituents is 1. The monoisotopic (exact) mass is 281 g/mol. The van der Waals surface area contributed by atoms with Gasteiger partial charge in [0.15, 0.2) is 5.78 Å². The average molecular weight is 281 g/mol. The van der Waals surface area contributed by atoms with Crippen molar-refractivity contribution in [2.45, 2.75) is 32.7 Å². The molecule has 0 aliphatic heterocycles. The van der Waals surface area contributed by atoms with E-state index >= 15 is 0 Å². The lowest BCUT2D eigenvalue weighted by atomic mass is 9.87. The Kier molecular flexibility index (Phi) is 3.65. The van der Waals surface area contributed by atoms with Crippen LogP contribution in [0, 0.1) is 6.92 Å². The van der Waals surface area contributed by atoms with E-state index in [2.05, 4.69) is 12.2 Å². The minimum absolute atomic E-state index is 0.188. The molecule has 21 heavy (non-hydrogen) atoms. The van der Waals surface area contributed by atoms with Gasteiger partial charge in [-0.25, -0.2) is 0 Å². The molecule has 2 aromatic rings. The zero-order valence-corrected chi connectivity index (χ0v) is 12.1. The van der Waals surface area contributed by atoms with E-state index in [1.165, 1.54) is 5.56 Å².